The molecule has 0 aliphatic heterocycles. The smallest absolute Gasteiger partial charge is 0.696 e. The molecule has 0 saturated heterocycles. The van der Waals surface area contributed by atoms with Gasteiger partial charge in [0.15, 0.2) is 0 Å². The number of thiocyanates is 3. The maximum absolute atomic E-state index is 7.13. The quantitative estimate of drug-likeness (QED) is 0.251. The van der Waals surface area contributed by atoms with E-state index in [1.54, 1.807) is 0 Å². The molecule has 0 aliphatic carbocycles. The van der Waals surface area contributed by atoms with E-state index < -0.39 is 0 Å². The van der Waals surface area contributed by atoms with Crippen LogP contribution in [0.1, 0.15) is 0 Å². The molecule has 0 saturated carbocycles. The van der Waals surface area contributed by atoms with Crippen molar-refractivity contribution in [3.63, 3.8) is 0 Å². The maximum atomic E-state index is 7.13. The second kappa shape index (κ2) is 59.8. The van der Waals surface area contributed by atoms with Crippen molar-refractivity contribution in [3.05, 3.63) is 0 Å². The fourth-order valence-electron chi connectivity index (χ4n) is 0. The summed E-state index contributed by atoms with van der Waals surface area (Å²) in [6.07, 6.45) is 0. The Hall–Kier alpha value is 4.04. The van der Waals surface area contributed by atoms with Crippen LogP contribution in [0.2, 0.25) is 0 Å². The Balaban J connectivity index is -0.00000001000. The van der Waals surface area contributed by atoms with E-state index in [4.69, 9.17) is 15.8 Å². The van der Waals surface area contributed by atoms with Crippen LogP contribution in [0.5, 0.6) is 0 Å². The third-order valence-electron chi connectivity index (χ3n) is 0. The predicted molar refractivity (Wildman–Crippen MR) is 38.9 cm³/mol. The van der Waals surface area contributed by atoms with Crippen molar-refractivity contribution >= 4 is 37.9 Å². The summed E-state index contributed by atoms with van der Waals surface area (Å²) in [6, 6.07) is 0. The van der Waals surface area contributed by atoms with E-state index in [1.165, 1.54) is 16.2 Å². The van der Waals surface area contributed by atoms with Gasteiger partial charge in [-0.25, -0.2) is 15.8 Å². The normalized spacial score (nSPS) is 1.75. The van der Waals surface area contributed by atoms with Gasteiger partial charge in [-0.3, -0.25) is 0 Å². The molecule has 0 bridgehead atoms. The largest absolute Gasteiger partial charge is 1.00 e. The average Bonchev–Trinajstić information content (AvgIpc) is 1.70. The van der Waals surface area contributed by atoms with E-state index in [-0.39, 0.29) is 154 Å². The van der Waals surface area contributed by atoms with Crippen molar-refractivity contribution in [2.24, 2.45) is 0 Å². The summed E-state index contributed by atoms with van der Waals surface area (Å²) in [6.45, 7) is 0. The van der Waals surface area contributed by atoms with E-state index in [0.29, 0.717) is 0 Å². The second-order valence-electron chi connectivity index (χ2n) is 0.274. The first kappa shape index (κ1) is 36.0. The number of hydrogen-bond acceptors (Lipinski definition) is 6. The van der Waals surface area contributed by atoms with Gasteiger partial charge < -0.3 is 37.9 Å². The summed E-state index contributed by atoms with van der Waals surface area (Å²) in [4.78, 5) is 0. The van der Waals surface area contributed by atoms with Crippen molar-refractivity contribution in [2.75, 3.05) is 0 Å². The molecule has 0 aromatic heterocycles. The summed E-state index contributed by atoms with van der Waals surface area (Å²) < 4.78 is 0. The van der Waals surface area contributed by atoms with Crippen LogP contribution in [-0.2, 0) is 37.9 Å². The molecule has 0 radical (unpaired) electrons. The van der Waals surface area contributed by atoms with E-state index in [2.05, 4.69) is 37.9 Å². The van der Waals surface area contributed by atoms with Gasteiger partial charge in [-0.1, -0.05) is 16.2 Å². The summed E-state index contributed by atoms with van der Waals surface area (Å²) in [7, 11) is 0. The van der Waals surface area contributed by atoms with Crippen molar-refractivity contribution in [1.82, 2.24) is 0 Å². The summed E-state index contributed by atoms with van der Waals surface area (Å²) >= 11 is 11.1. The molecule has 0 fully saturated rings. The molecule has 0 aromatic rings. The first-order valence-electron chi connectivity index (χ1n) is 1.28. The Morgan fingerprint density at radius 2 is 0.583 bits per heavy atom. The third kappa shape index (κ3) is 146. The Morgan fingerprint density at radius 3 is 0.583 bits per heavy atom. The molecule has 0 unspecified atom stereocenters. The molecular weight excluding hydrogens is 292 g/mol. The van der Waals surface area contributed by atoms with Gasteiger partial charge in [-0.05, 0) is 0 Å². The van der Waals surface area contributed by atoms with Crippen LogP contribution in [-0.4, -0.2) is 0 Å². The zero-order valence-corrected chi connectivity index (χ0v) is 18.9. The third-order valence-corrected chi connectivity index (χ3v) is 0. The molecule has 48 valence electrons. The number of nitrogens with zero attached hydrogens (tertiary/aromatic N) is 3. The standard InChI is InChI=1S/3CHNS.3K/c3*2-1-3;;;/h3*3H;;;/q;;;3*+1/p-3. The molecule has 0 aromatic carbocycles. The molecule has 0 amide bonds. The molecule has 0 atom stereocenters. The minimum atomic E-state index is 0. The predicted octanol–water partition coefficient (Wildman–Crippen LogP) is -8.94. The van der Waals surface area contributed by atoms with Gasteiger partial charge in [0.25, 0.3) is 0 Å². The topological polar surface area (TPSA) is 71.4 Å². The Bertz CT molecular complexity index is 117. The average molecular weight is 292 g/mol. The fourth-order valence-corrected chi connectivity index (χ4v) is 0. The molecule has 0 aliphatic rings. The minimum Gasteiger partial charge on any atom is -0.696 e. The van der Waals surface area contributed by atoms with Gasteiger partial charge in [0.2, 0.25) is 0 Å². The van der Waals surface area contributed by atoms with Crippen molar-refractivity contribution in [3.8, 4) is 16.2 Å². The van der Waals surface area contributed by atoms with Gasteiger partial charge >= 0.3 is 154 Å². The van der Waals surface area contributed by atoms with Crippen LogP contribution < -0.4 is 154 Å². The van der Waals surface area contributed by atoms with Gasteiger partial charge in [-0.15, -0.1) is 0 Å². The number of hydrogen-bond donors (Lipinski definition) is 0. The van der Waals surface area contributed by atoms with Crippen LogP contribution in [0.15, 0.2) is 0 Å². The monoisotopic (exact) mass is 291 g/mol. The zero-order valence-electron chi connectivity index (χ0n) is 7.07. The molecule has 0 rings (SSSR count). The van der Waals surface area contributed by atoms with Crippen LogP contribution in [0.3, 0.4) is 0 Å². The van der Waals surface area contributed by atoms with Gasteiger partial charge in [0.1, 0.15) is 0 Å². The van der Waals surface area contributed by atoms with Crippen molar-refractivity contribution < 1.29 is 154 Å². The maximum Gasteiger partial charge on any atom is 1.00 e. The number of rotatable bonds is 0. The zero-order chi connectivity index (χ0) is 8.12. The molecule has 0 spiro atoms. The van der Waals surface area contributed by atoms with E-state index in [1.807, 2.05) is 0 Å². The Morgan fingerprint density at radius 1 is 0.583 bits per heavy atom. The first-order chi connectivity index (χ1) is 4.24. The van der Waals surface area contributed by atoms with Crippen molar-refractivity contribution in [1.29, 1.82) is 15.8 Å². The molecule has 0 N–H and O–H groups in total. The summed E-state index contributed by atoms with van der Waals surface area (Å²) in [5, 5.41) is 25.4. The Kier molecular flexibility index (Phi) is 179. The van der Waals surface area contributed by atoms with Crippen molar-refractivity contribution in [2.45, 2.75) is 0 Å². The summed E-state index contributed by atoms with van der Waals surface area (Å²) in [5.41, 5.74) is 0. The van der Waals surface area contributed by atoms with E-state index in [0.717, 1.165) is 0 Å². The van der Waals surface area contributed by atoms with Crippen LogP contribution in [0.25, 0.3) is 0 Å². The van der Waals surface area contributed by atoms with Crippen LogP contribution in [0.4, 0.5) is 0 Å². The SMILES string of the molecule is N#C[S-].N#C[S-].N#C[S-].[K+].[K+].[K+]. The molecule has 0 heterocycles. The van der Waals surface area contributed by atoms with Crippen LogP contribution >= 0.6 is 0 Å². The second-order valence-corrected chi connectivity index (χ2v) is 0.822. The van der Waals surface area contributed by atoms with Crippen LogP contribution in [0, 0.1) is 32.0 Å². The molecule has 9 heteroatoms. The van der Waals surface area contributed by atoms with Gasteiger partial charge in [0, 0.05) is 0 Å². The molecular formula is C3K3N3S3. The molecule has 12 heavy (non-hydrogen) atoms. The molecule has 3 nitrogen and oxygen atoms in total. The fraction of sp³-hybridized carbons (Fsp3) is 0. The Labute approximate surface area is 217 Å². The van der Waals surface area contributed by atoms with Gasteiger partial charge in [-0.2, -0.15) is 0 Å². The summed E-state index contributed by atoms with van der Waals surface area (Å²) in [5.74, 6) is 0. The number of nitriles is 3. The first-order valence-corrected chi connectivity index (χ1v) is 2.51. The van der Waals surface area contributed by atoms with E-state index >= 15 is 0 Å². The minimum absolute atomic E-state index is 0. The van der Waals surface area contributed by atoms with Gasteiger partial charge in [0.05, 0.1) is 0 Å². The van der Waals surface area contributed by atoms with E-state index in [9.17, 15) is 0 Å².